The number of hydrogen-bond acceptors (Lipinski definition) is 2. The summed E-state index contributed by atoms with van der Waals surface area (Å²) < 4.78 is 5.26. The van der Waals surface area contributed by atoms with Gasteiger partial charge in [-0.15, -0.1) is 0 Å². The van der Waals surface area contributed by atoms with Gasteiger partial charge in [-0.05, 0) is 23.3 Å². The highest BCUT2D eigenvalue weighted by atomic mass is 16.5. The molecule has 0 atom stereocenters. The Morgan fingerprint density at radius 3 is 2.39 bits per heavy atom. The van der Waals surface area contributed by atoms with Crippen molar-refractivity contribution >= 4 is 11.9 Å². The zero-order valence-corrected chi connectivity index (χ0v) is 10.1. The molecule has 2 aromatic rings. The molecule has 3 rings (SSSR count). The number of ether oxygens (including phenoxy) is 1. The third-order valence-corrected chi connectivity index (χ3v) is 3.18. The molecule has 0 aliphatic carbocycles. The second-order valence-corrected chi connectivity index (χ2v) is 4.46. The Hall–Kier alpha value is -1.93. The molecular weight excluding hydrogens is 222 g/mol. The van der Waals surface area contributed by atoms with E-state index in [2.05, 4.69) is 29.3 Å². The predicted octanol–water partition coefficient (Wildman–Crippen LogP) is 3.55. The maximum absolute atomic E-state index is 5.26. The highest BCUT2D eigenvalue weighted by Gasteiger charge is 2.22. The van der Waals surface area contributed by atoms with Gasteiger partial charge in [0.05, 0.1) is 18.9 Å². The molecule has 2 heteroatoms. The van der Waals surface area contributed by atoms with Gasteiger partial charge in [-0.3, -0.25) is 4.99 Å². The first kappa shape index (κ1) is 11.2. The summed E-state index contributed by atoms with van der Waals surface area (Å²) in [6.45, 7) is 1.66. The molecule has 1 aliphatic rings. The second-order valence-electron chi connectivity index (χ2n) is 4.46. The number of para-hydroxylation sites is 1. The van der Waals surface area contributed by atoms with E-state index in [9.17, 15) is 0 Å². The number of rotatable bonds is 3. The van der Waals surface area contributed by atoms with E-state index in [1.807, 2.05) is 36.5 Å². The van der Waals surface area contributed by atoms with E-state index < -0.39 is 0 Å². The summed E-state index contributed by atoms with van der Waals surface area (Å²) in [5, 5.41) is 0. The summed E-state index contributed by atoms with van der Waals surface area (Å²) in [7, 11) is 0. The van der Waals surface area contributed by atoms with Crippen LogP contribution in [0.15, 0.2) is 59.6 Å². The molecule has 0 amide bonds. The molecule has 1 aliphatic heterocycles. The quantitative estimate of drug-likeness (QED) is 0.748. The van der Waals surface area contributed by atoms with Crippen LogP contribution in [0.2, 0.25) is 0 Å². The fraction of sp³-hybridized carbons (Fsp3) is 0.188. The molecule has 0 unspecified atom stereocenters. The number of benzene rings is 2. The van der Waals surface area contributed by atoms with Gasteiger partial charge in [0.1, 0.15) is 0 Å². The lowest BCUT2D eigenvalue weighted by molar-refractivity contribution is 0.00837. The molecule has 1 fully saturated rings. The van der Waals surface area contributed by atoms with Crippen LogP contribution >= 0.6 is 0 Å². The van der Waals surface area contributed by atoms with E-state index in [0.29, 0.717) is 5.92 Å². The monoisotopic (exact) mass is 237 g/mol. The van der Waals surface area contributed by atoms with Crippen LogP contribution in [-0.2, 0) is 4.74 Å². The first-order valence-electron chi connectivity index (χ1n) is 6.19. The van der Waals surface area contributed by atoms with Gasteiger partial charge in [0.2, 0.25) is 0 Å². The van der Waals surface area contributed by atoms with Crippen molar-refractivity contribution in [1.82, 2.24) is 0 Å². The number of nitrogens with zero attached hydrogens (tertiary/aromatic N) is 1. The Balaban J connectivity index is 1.86. The summed E-state index contributed by atoms with van der Waals surface area (Å²) in [6, 6.07) is 18.4. The van der Waals surface area contributed by atoms with E-state index in [1.165, 1.54) is 11.1 Å². The summed E-state index contributed by atoms with van der Waals surface area (Å²) in [5.41, 5.74) is 3.51. The predicted molar refractivity (Wildman–Crippen MR) is 73.7 cm³/mol. The Labute approximate surface area is 107 Å². The maximum Gasteiger partial charge on any atom is 0.0629 e. The Bertz CT molecular complexity index is 544. The average molecular weight is 237 g/mol. The van der Waals surface area contributed by atoms with Crippen LogP contribution in [0.1, 0.15) is 17.0 Å². The summed E-state index contributed by atoms with van der Waals surface area (Å²) in [5.74, 6) is 0.531. The van der Waals surface area contributed by atoms with Crippen LogP contribution in [0.3, 0.4) is 0 Å². The fourth-order valence-corrected chi connectivity index (χ4v) is 2.07. The van der Waals surface area contributed by atoms with Crippen molar-refractivity contribution in [3.8, 4) is 0 Å². The van der Waals surface area contributed by atoms with Crippen molar-refractivity contribution < 1.29 is 4.74 Å². The van der Waals surface area contributed by atoms with Gasteiger partial charge < -0.3 is 4.74 Å². The van der Waals surface area contributed by atoms with Crippen LogP contribution in [0.25, 0.3) is 0 Å². The molecule has 0 saturated carbocycles. The van der Waals surface area contributed by atoms with Crippen molar-refractivity contribution in [2.24, 2.45) is 4.99 Å². The minimum absolute atomic E-state index is 0.531. The van der Waals surface area contributed by atoms with Crippen LogP contribution in [0.4, 0.5) is 5.69 Å². The first-order valence-corrected chi connectivity index (χ1v) is 6.19. The number of aliphatic imine (C=N–C) groups is 1. The SMILES string of the molecule is C(=Nc1ccccc1)c1ccccc1C1COC1. The average Bonchev–Trinajstić information content (AvgIpc) is 2.37. The van der Waals surface area contributed by atoms with Crippen LogP contribution in [0, 0.1) is 0 Å². The fourth-order valence-electron chi connectivity index (χ4n) is 2.07. The smallest absolute Gasteiger partial charge is 0.0629 e. The van der Waals surface area contributed by atoms with Crippen molar-refractivity contribution in [3.05, 3.63) is 65.7 Å². The summed E-state index contributed by atoms with van der Waals surface area (Å²) in [4.78, 5) is 4.51. The van der Waals surface area contributed by atoms with Crippen LogP contribution in [-0.4, -0.2) is 19.4 Å². The summed E-state index contributed by atoms with van der Waals surface area (Å²) >= 11 is 0. The standard InChI is InChI=1S/C16H15NO/c1-2-7-15(8-3-1)17-10-13-6-4-5-9-16(13)14-11-18-12-14/h1-10,14H,11-12H2. The third kappa shape index (κ3) is 2.34. The molecule has 2 nitrogen and oxygen atoms in total. The molecule has 0 radical (unpaired) electrons. The Morgan fingerprint density at radius 2 is 1.67 bits per heavy atom. The molecule has 18 heavy (non-hydrogen) atoms. The normalized spacial score (nSPS) is 15.8. The van der Waals surface area contributed by atoms with E-state index >= 15 is 0 Å². The lowest BCUT2D eigenvalue weighted by Gasteiger charge is -2.27. The largest absolute Gasteiger partial charge is 0.380 e. The third-order valence-electron chi connectivity index (χ3n) is 3.18. The number of hydrogen-bond donors (Lipinski definition) is 0. The van der Waals surface area contributed by atoms with Crippen LogP contribution < -0.4 is 0 Å². The highest BCUT2D eigenvalue weighted by molar-refractivity contribution is 5.84. The molecular formula is C16H15NO. The lowest BCUT2D eigenvalue weighted by atomic mass is 9.93. The minimum atomic E-state index is 0.531. The van der Waals surface area contributed by atoms with Crippen molar-refractivity contribution in [3.63, 3.8) is 0 Å². The van der Waals surface area contributed by atoms with Gasteiger partial charge >= 0.3 is 0 Å². The summed E-state index contributed by atoms with van der Waals surface area (Å²) in [6.07, 6.45) is 1.95. The molecule has 0 N–H and O–H groups in total. The van der Waals surface area contributed by atoms with Gasteiger partial charge in [-0.25, -0.2) is 0 Å². The second kappa shape index (κ2) is 5.15. The Morgan fingerprint density at radius 1 is 0.944 bits per heavy atom. The highest BCUT2D eigenvalue weighted by Crippen LogP contribution is 2.26. The zero-order chi connectivity index (χ0) is 12.2. The van der Waals surface area contributed by atoms with E-state index in [4.69, 9.17) is 4.74 Å². The molecule has 2 aromatic carbocycles. The van der Waals surface area contributed by atoms with Gasteiger partial charge in [-0.2, -0.15) is 0 Å². The molecule has 90 valence electrons. The minimum Gasteiger partial charge on any atom is -0.380 e. The molecule has 0 bridgehead atoms. The molecule has 0 spiro atoms. The van der Waals surface area contributed by atoms with Gasteiger partial charge in [-0.1, -0.05) is 42.5 Å². The Kier molecular flexibility index (Phi) is 3.20. The van der Waals surface area contributed by atoms with Gasteiger partial charge in [0, 0.05) is 12.1 Å². The molecule has 0 aromatic heterocycles. The van der Waals surface area contributed by atoms with Gasteiger partial charge in [0.15, 0.2) is 0 Å². The van der Waals surface area contributed by atoms with Gasteiger partial charge in [0.25, 0.3) is 0 Å². The van der Waals surface area contributed by atoms with Crippen molar-refractivity contribution in [1.29, 1.82) is 0 Å². The maximum atomic E-state index is 5.26. The van der Waals surface area contributed by atoms with E-state index in [-0.39, 0.29) is 0 Å². The van der Waals surface area contributed by atoms with Crippen molar-refractivity contribution in [2.75, 3.05) is 13.2 Å². The van der Waals surface area contributed by atoms with E-state index in [0.717, 1.165) is 18.9 Å². The zero-order valence-electron chi connectivity index (χ0n) is 10.1. The van der Waals surface area contributed by atoms with Crippen LogP contribution in [0.5, 0.6) is 0 Å². The van der Waals surface area contributed by atoms with Crippen molar-refractivity contribution in [2.45, 2.75) is 5.92 Å². The first-order chi connectivity index (χ1) is 8.93. The lowest BCUT2D eigenvalue weighted by Crippen LogP contribution is -2.26. The topological polar surface area (TPSA) is 21.6 Å². The van der Waals surface area contributed by atoms with E-state index in [1.54, 1.807) is 0 Å². The molecule has 1 heterocycles. The molecule has 1 saturated heterocycles.